The minimum atomic E-state index is -3.70. The number of benzene rings is 2. The lowest BCUT2D eigenvalue weighted by Gasteiger charge is -2.57. The zero-order valence-corrected chi connectivity index (χ0v) is 24.0. The summed E-state index contributed by atoms with van der Waals surface area (Å²) >= 11 is 0. The first-order valence-electron chi connectivity index (χ1n) is 14.3. The number of carbonyl (C=O) groups excluding carboxylic acids is 1. The highest BCUT2D eigenvalue weighted by molar-refractivity contribution is 7.59. The molecule has 8 nitrogen and oxygen atoms in total. The molecule has 6 rings (SSSR count). The third-order valence-corrected chi connectivity index (χ3v) is 11.7. The first-order chi connectivity index (χ1) is 19.2. The summed E-state index contributed by atoms with van der Waals surface area (Å²) in [5.41, 5.74) is 1.23. The summed E-state index contributed by atoms with van der Waals surface area (Å²) in [5, 5.41) is 12.8. The van der Waals surface area contributed by atoms with Gasteiger partial charge in [0.25, 0.3) is 0 Å². The van der Waals surface area contributed by atoms with E-state index in [1.807, 2.05) is 60.7 Å². The van der Waals surface area contributed by atoms with Gasteiger partial charge in [-0.25, -0.2) is 4.79 Å². The number of carboxylic acid groups (broad SMARTS) is 1. The van der Waals surface area contributed by atoms with E-state index in [4.69, 9.17) is 14.0 Å². The van der Waals surface area contributed by atoms with Crippen molar-refractivity contribution in [2.45, 2.75) is 70.0 Å². The van der Waals surface area contributed by atoms with Crippen molar-refractivity contribution in [3.05, 3.63) is 71.8 Å². The first-order valence-corrected chi connectivity index (χ1v) is 16.2. The van der Waals surface area contributed by atoms with Crippen LogP contribution in [0.5, 0.6) is 0 Å². The van der Waals surface area contributed by atoms with Crippen molar-refractivity contribution < 1.29 is 33.3 Å². The Hall–Kier alpha value is -2.67. The minimum absolute atomic E-state index is 0.0740. The van der Waals surface area contributed by atoms with E-state index in [-0.39, 0.29) is 26.0 Å². The number of amides is 1. The van der Waals surface area contributed by atoms with Crippen molar-refractivity contribution >= 4 is 19.4 Å². The molecule has 0 saturated heterocycles. The highest BCUT2D eigenvalue weighted by atomic mass is 31.2. The number of ether oxygens (including phenoxy) is 2. The van der Waals surface area contributed by atoms with E-state index in [1.54, 1.807) is 6.92 Å². The molecule has 0 radical (unpaired) electrons. The molecule has 3 atom stereocenters. The summed E-state index contributed by atoms with van der Waals surface area (Å²) in [4.78, 5) is 25.1. The van der Waals surface area contributed by atoms with Crippen LogP contribution in [0.15, 0.2) is 60.7 Å². The van der Waals surface area contributed by atoms with Crippen LogP contribution in [0.2, 0.25) is 0 Å². The number of hydrogen-bond donors (Lipinski definition) is 2. The summed E-state index contributed by atoms with van der Waals surface area (Å²) in [7, 11) is -3.70. The molecule has 2 N–H and O–H groups in total. The van der Waals surface area contributed by atoms with Crippen LogP contribution in [-0.4, -0.2) is 41.3 Å². The van der Waals surface area contributed by atoms with Gasteiger partial charge in [0, 0.05) is 6.16 Å². The van der Waals surface area contributed by atoms with Crippen molar-refractivity contribution in [3.8, 4) is 0 Å². The molecule has 2 aromatic rings. The number of nitrogens with one attached hydrogen (secondary N) is 1. The lowest BCUT2D eigenvalue weighted by atomic mass is 9.54. The number of carbonyl (C=O) groups is 2. The summed E-state index contributed by atoms with van der Waals surface area (Å²) in [5.74, 6) is -1.39. The molecule has 1 amide bonds. The number of carboxylic acids is 1. The molecule has 4 fully saturated rings. The highest BCUT2D eigenvalue weighted by Crippen LogP contribution is 2.64. The summed E-state index contributed by atoms with van der Waals surface area (Å²) < 4.78 is 32.6. The van der Waals surface area contributed by atoms with Gasteiger partial charge in [0.05, 0.1) is 24.7 Å². The van der Waals surface area contributed by atoms with E-state index in [1.165, 1.54) is 19.3 Å². The molecule has 4 bridgehead atoms. The number of hydrogen-bond acceptors (Lipinski definition) is 6. The van der Waals surface area contributed by atoms with Gasteiger partial charge in [0.1, 0.15) is 12.4 Å². The van der Waals surface area contributed by atoms with Crippen LogP contribution in [-0.2, 0) is 36.6 Å². The summed E-state index contributed by atoms with van der Waals surface area (Å²) in [6, 6.07) is 18.8. The quantitative estimate of drug-likeness (QED) is 0.267. The Balaban J connectivity index is 1.29. The predicted molar refractivity (Wildman–Crippen MR) is 151 cm³/mol. The normalized spacial score (nSPS) is 27.9. The number of rotatable bonds is 13. The third kappa shape index (κ3) is 7.15. The van der Waals surface area contributed by atoms with Crippen molar-refractivity contribution in [1.82, 2.24) is 5.32 Å². The second-order valence-corrected chi connectivity index (χ2v) is 14.8. The molecule has 0 aliphatic heterocycles. The highest BCUT2D eigenvalue weighted by Gasteiger charge is 2.55. The van der Waals surface area contributed by atoms with Crippen LogP contribution in [0.1, 0.15) is 56.6 Å². The second-order valence-electron chi connectivity index (χ2n) is 12.0. The lowest BCUT2D eigenvalue weighted by molar-refractivity contribution is -0.143. The zero-order valence-electron chi connectivity index (χ0n) is 23.1. The fraction of sp³-hybridized carbons (Fsp3) is 0.548. The smallest absolute Gasteiger partial charge is 0.408 e. The molecule has 40 heavy (non-hydrogen) atoms. The van der Waals surface area contributed by atoms with E-state index in [0.717, 1.165) is 30.4 Å². The van der Waals surface area contributed by atoms with E-state index in [9.17, 15) is 19.3 Å². The van der Waals surface area contributed by atoms with Crippen molar-refractivity contribution in [3.63, 3.8) is 0 Å². The van der Waals surface area contributed by atoms with Crippen molar-refractivity contribution in [1.29, 1.82) is 0 Å². The van der Waals surface area contributed by atoms with Gasteiger partial charge in [-0.15, -0.1) is 0 Å². The molecule has 2 aromatic carbocycles. The Morgan fingerprint density at radius 3 is 1.98 bits per heavy atom. The molecule has 3 unspecified atom stereocenters. The molecule has 0 spiro atoms. The van der Waals surface area contributed by atoms with Gasteiger partial charge in [-0.2, -0.15) is 0 Å². The average Bonchev–Trinajstić information content (AvgIpc) is 2.91. The average molecular weight is 570 g/mol. The monoisotopic (exact) mass is 569 g/mol. The van der Waals surface area contributed by atoms with Gasteiger partial charge in [-0.3, -0.25) is 9.36 Å². The van der Waals surface area contributed by atoms with Crippen LogP contribution in [0, 0.1) is 23.7 Å². The maximum atomic E-state index is 14.7. The predicted octanol–water partition coefficient (Wildman–Crippen LogP) is 6.44. The van der Waals surface area contributed by atoms with Gasteiger partial charge < -0.3 is 24.4 Å². The van der Waals surface area contributed by atoms with Crippen LogP contribution in [0.4, 0.5) is 4.79 Å². The molecule has 0 aromatic heterocycles. The van der Waals surface area contributed by atoms with E-state index in [0.29, 0.717) is 17.8 Å². The van der Waals surface area contributed by atoms with Gasteiger partial charge in [0.15, 0.2) is 0 Å². The molecule has 0 heterocycles. The van der Waals surface area contributed by atoms with Gasteiger partial charge in [-0.05, 0) is 74.3 Å². The standard InChI is InChI=1S/C31H40NO7P/c1-22(32-30(35)38-19-24-10-6-3-7-11-24)40(36,39-31-15-25-12-26(16-31)14-27(13-25)17-31)21-28(29(33)34)20-37-18-23-8-4-2-5-9-23/h2-11,22,25-28H,12-21H2,1H3,(H,32,35)(H,33,34). The second kappa shape index (κ2) is 12.5. The van der Waals surface area contributed by atoms with Crippen LogP contribution >= 0.6 is 7.37 Å². The molecule has 4 saturated carbocycles. The molecule has 216 valence electrons. The van der Waals surface area contributed by atoms with Crippen LogP contribution < -0.4 is 5.32 Å². The molecule has 4 aliphatic rings. The van der Waals surface area contributed by atoms with Crippen molar-refractivity contribution in [2.24, 2.45) is 23.7 Å². The van der Waals surface area contributed by atoms with Gasteiger partial charge in [0.2, 0.25) is 7.37 Å². The fourth-order valence-corrected chi connectivity index (χ4v) is 9.79. The Morgan fingerprint density at radius 1 is 0.925 bits per heavy atom. The van der Waals surface area contributed by atoms with E-state index in [2.05, 4.69) is 5.32 Å². The molecule has 9 heteroatoms. The summed E-state index contributed by atoms with van der Waals surface area (Å²) in [6.45, 7) is 1.85. The Labute approximate surface area is 236 Å². The number of aliphatic carboxylic acids is 1. The Kier molecular flexibility index (Phi) is 8.98. The summed E-state index contributed by atoms with van der Waals surface area (Å²) in [6.07, 6.45) is 5.17. The van der Waals surface area contributed by atoms with Crippen LogP contribution in [0.3, 0.4) is 0 Å². The lowest BCUT2D eigenvalue weighted by Crippen LogP contribution is -2.52. The van der Waals surface area contributed by atoms with Gasteiger partial charge >= 0.3 is 12.1 Å². The molecular formula is C31H40NO7P. The SMILES string of the molecule is CC(NC(=O)OCc1ccccc1)P(=O)(CC(COCc1ccccc1)C(=O)O)OC12CC3CC(CC(C3)C1)C2. The maximum Gasteiger partial charge on any atom is 0.408 e. The fourth-order valence-electron chi connectivity index (χ4n) is 7.18. The maximum absolute atomic E-state index is 14.7. The largest absolute Gasteiger partial charge is 0.481 e. The first kappa shape index (κ1) is 28.8. The van der Waals surface area contributed by atoms with E-state index < -0.39 is 36.7 Å². The van der Waals surface area contributed by atoms with Crippen LogP contribution in [0.25, 0.3) is 0 Å². The Bertz CT molecular complexity index is 1170. The topological polar surface area (TPSA) is 111 Å². The Morgan fingerprint density at radius 2 is 1.45 bits per heavy atom. The minimum Gasteiger partial charge on any atom is -0.481 e. The van der Waals surface area contributed by atoms with Crippen molar-refractivity contribution in [2.75, 3.05) is 12.8 Å². The van der Waals surface area contributed by atoms with E-state index >= 15 is 0 Å². The molecule has 4 aliphatic carbocycles. The molecular weight excluding hydrogens is 529 g/mol. The third-order valence-electron chi connectivity index (χ3n) is 8.71. The zero-order chi connectivity index (χ0) is 28.2. The number of alkyl carbamates (subject to hydrolysis) is 1. The van der Waals surface area contributed by atoms with Gasteiger partial charge in [-0.1, -0.05) is 60.7 Å².